The van der Waals surface area contributed by atoms with Crippen LogP contribution in [0.5, 0.6) is 5.75 Å². The molecule has 0 aromatic heterocycles. The first-order valence-electron chi connectivity index (χ1n) is 7.53. The van der Waals surface area contributed by atoms with Crippen molar-refractivity contribution in [2.24, 2.45) is 5.92 Å². The first-order chi connectivity index (χ1) is 9.78. The molecule has 0 bridgehead atoms. The van der Waals surface area contributed by atoms with Gasteiger partial charge in [-0.3, -0.25) is 0 Å². The topological polar surface area (TPSA) is 30.5 Å². The molecule has 2 heterocycles. The monoisotopic (exact) mass is 339 g/mol. The van der Waals surface area contributed by atoms with Crippen molar-refractivity contribution in [1.82, 2.24) is 5.32 Å². The van der Waals surface area contributed by atoms with E-state index in [4.69, 9.17) is 9.47 Å². The van der Waals surface area contributed by atoms with E-state index in [1.54, 1.807) is 0 Å². The number of nitrogens with one attached hydrogen (secondary N) is 1. The van der Waals surface area contributed by atoms with Crippen molar-refractivity contribution >= 4 is 15.9 Å². The molecule has 1 N–H and O–H groups in total. The lowest BCUT2D eigenvalue weighted by atomic mass is 9.91. The van der Waals surface area contributed by atoms with Gasteiger partial charge in [-0.25, -0.2) is 0 Å². The van der Waals surface area contributed by atoms with Crippen molar-refractivity contribution in [2.45, 2.75) is 32.2 Å². The highest BCUT2D eigenvalue weighted by molar-refractivity contribution is 9.10. The molecule has 4 heteroatoms. The Bertz CT molecular complexity index is 472. The summed E-state index contributed by atoms with van der Waals surface area (Å²) in [5.41, 5.74) is 2.66. The van der Waals surface area contributed by atoms with Crippen molar-refractivity contribution in [1.29, 1.82) is 0 Å². The summed E-state index contributed by atoms with van der Waals surface area (Å²) in [5, 5.41) is 3.63. The number of hydrogen-bond acceptors (Lipinski definition) is 3. The second kappa shape index (κ2) is 6.46. The minimum absolute atomic E-state index is 0.477. The Morgan fingerprint density at radius 3 is 3.05 bits per heavy atom. The summed E-state index contributed by atoms with van der Waals surface area (Å²) in [7, 11) is 0. The average Bonchev–Trinajstić information content (AvgIpc) is 3.08. The molecule has 1 fully saturated rings. The molecule has 3 rings (SSSR count). The maximum absolute atomic E-state index is 5.85. The lowest BCUT2D eigenvalue weighted by Crippen LogP contribution is -2.38. The average molecular weight is 340 g/mol. The van der Waals surface area contributed by atoms with Crippen LogP contribution in [0.4, 0.5) is 0 Å². The molecule has 1 saturated heterocycles. The number of hydrogen-bond donors (Lipinski definition) is 1. The molecule has 0 aliphatic carbocycles. The molecular weight excluding hydrogens is 318 g/mol. The standard InChI is InChI=1S/C16H22BrNO2/c1-2-18-15(12-3-5-19-10-12)9-13-8-14(17)7-11-4-6-20-16(11)13/h7-8,12,15,18H,2-6,9-10H2,1H3. The van der Waals surface area contributed by atoms with Crippen LogP contribution in [0.15, 0.2) is 16.6 Å². The Morgan fingerprint density at radius 2 is 2.30 bits per heavy atom. The summed E-state index contributed by atoms with van der Waals surface area (Å²) in [6.07, 6.45) is 3.21. The number of benzene rings is 1. The first-order valence-corrected chi connectivity index (χ1v) is 8.32. The van der Waals surface area contributed by atoms with Gasteiger partial charge in [0.25, 0.3) is 0 Å². The fraction of sp³-hybridized carbons (Fsp3) is 0.625. The van der Waals surface area contributed by atoms with Crippen LogP contribution in [0.3, 0.4) is 0 Å². The largest absolute Gasteiger partial charge is 0.493 e. The molecule has 0 spiro atoms. The number of ether oxygens (including phenoxy) is 2. The minimum Gasteiger partial charge on any atom is -0.493 e. The quantitative estimate of drug-likeness (QED) is 0.894. The van der Waals surface area contributed by atoms with Crippen LogP contribution in [-0.2, 0) is 17.6 Å². The Labute approximate surface area is 129 Å². The van der Waals surface area contributed by atoms with Crippen molar-refractivity contribution in [3.63, 3.8) is 0 Å². The highest BCUT2D eigenvalue weighted by Crippen LogP contribution is 2.34. The maximum Gasteiger partial charge on any atom is 0.125 e. The molecule has 0 radical (unpaired) electrons. The minimum atomic E-state index is 0.477. The molecule has 3 nitrogen and oxygen atoms in total. The Kier molecular flexibility index (Phi) is 4.64. The van der Waals surface area contributed by atoms with Gasteiger partial charge in [0, 0.05) is 29.5 Å². The van der Waals surface area contributed by atoms with E-state index in [0.717, 1.165) is 55.9 Å². The number of rotatable bonds is 5. The van der Waals surface area contributed by atoms with E-state index in [-0.39, 0.29) is 0 Å². The van der Waals surface area contributed by atoms with E-state index in [1.807, 2.05) is 0 Å². The van der Waals surface area contributed by atoms with Gasteiger partial charge in [-0.05, 0) is 42.6 Å². The lowest BCUT2D eigenvalue weighted by molar-refractivity contribution is 0.176. The van der Waals surface area contributed by atoms with Gasteiger partial charge in [0.05, 0.1) is 13.2 Å². The number of halogens is 1. The second-order valence-corrected chi connectivity index (χ2v) is 6.56. The van der Waals surface area contributed by atoms with E-state index in [1.165, 1.54) is 11.1 Å². The van der Waals surface area contributed by atoms with Crippen molar-refractivity contribution in [3.8, 4) is 5.75 Å². The zero-order valence-corrected chi connectivity index (χ0v) is 13.5. The van der Waals surface area contributed by atoms with Gasteiger partial charge < -0.3 is 14.8 Å². The molecule has 1 aromatic rings. The van der Waals surface area contributed by atoms with Gasteiger partial charge in [0.2, 0.25) is 0 Å². The van der Waals surface area contributed by atoms with Crippen molar-refractivity contribution in [2.75, 3.05) is 26.4 Å². The molecule has 2 atom stereocenters. The molecule has 2 unspecified atom stereocenters. The normalized spacial score (nSPS) is 22.6. The zero-order chi connectivity index (χ0) is 13.9. The molecule has 2 aliphatic heterocycles. The van der Waals surface area contributed by atoms with Crippen molar-refractivity contribution < 1.29 is 9.47 Å². The zero-order valence-electron chi connectivity index (χ0n) is 12.0. The summed E-state index contributed by atoms with van der Waals surface area (Å²) in [6, 6.07) is 4.88. The van der Waals surface area contributed by atoms with Crippen LogP contribution in [0.25, 0.3) is 0 Å². The summed E-state index contributed by atoms with van der Waals surface area (Å²) in [5.74, 6) is 1.74. The molecule has 0 amide bonds. The Balaban J connectivity index is 1.81. The van der Waals surface area contributed by atoms with E-state index in [0.29, 0.717) is 12.0 Å². The van der Waals surface area contributed by atoms with Gasteiger partial charge in [-0.15, -0.1) is 0 Å². The summed E-state index contributed by atoms with van der Waals surface area (Å²) < 4.78 is 12.6. The molecule has 0 saturated carbocycles. The molecule has 2 aliphatic rings. The lowest BCUT2D eigenvalue weighted by Gasteiger charge is -2.24. The van der Waals surface area contributed by atoms with E-state index >= 15 is 0 Å². The highest BCUT2D eigenvalue weighted by Gasteiger charge is 2.27. The van der Waals surface area contributed by atoms with E-state index < -0.39 is 0 Å². The van der Waals surface area contributed by atoms with Crippen LogP contribution in [-0.4, -0.2) is 32.4 Å². The second-order valence-electron chi connectivity index (χ2n) is 5.64. The van der Waals surface area contributed by atoms with Crippen LogP contribution in [0.1, 0.15) is 24.5 Å². The maximum atomic E-state index is 5.85. The molecular formula is C16H22BrNO2. The third kappa shape index (κ3) is 3.02. The van der Waals surface area contributed by atoms with Crippen LogP contribution in [0.2, 0.25) is 0 Å². The SMILES string of the molecule is CCNC(Cc1cc(Br)cc2c1OCC2)C1CCOC1. The number of likely N-dealkylation sites (N-methyl/N-ethyl adjacent to an activating group) is 1. The third-order valence-electron chi connectivity index (χ3n) is 4.27. The Morgan fingerprint density at radius 1 is 1.40 bits per heavy atom. The molecule has 110 valence electrons. The predicted molar refractivity (Wildman–Crippen MR) is 83.4 cm³/mol. The summed E-state index contributed by atoms with van der Waals surface area (Å²) in [4.78, 5) is 0. The van der Waals surface area contributed by atoms with E-state index in [9.17, 15) is 0 Å². The van der Waals surface area contributed by atoms with Gasteiger partial charge in [0.1, 0.15) is 5.75 Å². The van der Waals surface area contributed by atoms with Gasteiger partial charge in [-0.2, -0.15) is 0 Å². The van der Waals surface area contributed by atoms with Crippen molar-refractivity contribution in [3.05, 3.63) is 27.7 Å². The number of fused-ring (bicyclic) bond motifs is 1. The molecule has 1 aromatic carbocycles. The van der Waals surface area contributed by atoms with Crippen LogP contribution >= 0.6 is 15.9 Å². The van der Waals surface area contributed by atoms with Gasteiger partial charge >= 0.3 is 0 Å². The molecule has 20 heavy (non-hydrogen) atoms. The predicted octanol–water partition coefficient (Wildman–Crippen LogP) is 2.94. The first kappa shape index (κ1) is 14.4. The summed E-state index contributed by atoms with van der Waals surface area (Å²) >= 11 is 3.63. The fourth-order valence-electron chi connectivity index (χ4n) is 3.27. The fourth-order valence-corrected chi connectivity index (χ4v) is 3.83. The van der Waals surface area contributed by atoms with Crippen LogP contribution in [0, 0.1) is 5.92 Å². The summed E-state index contributed by atoms with van der Waals surface area (Å²) in [6.45, 7) is 5.77. The Hall–Kier alpha value is -0.580. The van der Waals surface area contributed by atoms with Gasteiger partial charge in [0.15, 0.2) is 0 Å². The smallest absolute Gasteiger partial charge is 0.125 e. The van der Waals surface area contributed by atoms with Crippen LogP contribution < -0.4 is 10.1 Å². The van der Waals surface area contributed by atoms with E-state index in [2.05, 4.69) is 40.3 Å². The highest BCUT2D eigenvalue weighted by atomic mass is 79.9. The van der Waals surface area contributed by atoms with Gasteiger partial charge in [-0.1, -0.05) is 22.9 Å². The third-order valence-corrected chi connectivity index (χ3v) is 4.72.